The third-order valence-corrected chi connectivity index (χ3v) is 4.15. The summed E-state index contributed by atoms with van der Waals surface area (Å²) < 4.78 is 8.90. The Labute approximate surface area is 132 Å². The topological polar surface area (TPSA) is 43.0 Å². The van der Waals surface area contributed by atoms with Crippen LogP contribution in [-0.2, 0) is 7.05 Å². The van der Waals surface area contributed by atoms with Crippen LogP contribution in [0.2, 0.25) is 0 Å². The highest BCUT2D eigenvalue weighted by Crippen LogP contribution is 2.31. The first-order chi connectivity index (χ1) is 10.2. The van der Waals surface area contributed by atoms with Crippen LogP contribution in [0, 0.1) is 0 Å². The number of hydrogen-bond acceptors (Lipinski definition) is 3. The Morgan fingerprint density at radius 1 is 1.38 bits per heavy atom. The molecular weight excluding hydrogens is 330 g/mol. The van der Waals surface area contributed by atoms with Crippen LogP contribution < -0.4 is 5.32 Å². The van der Waals surface area contributed by atoms with Crippen molar-refractivity contribution in [2.45, 2.75) is 19.4 Å². The summed E-state index contributed by atoms with van der Waals surface area (Å²) in [5, 5.41) is 8.98. The molecule has 0 saturated heterocycles. The molecule has 21 heavy (non-hydrogen) atoms. The lowest BCUT2D eigenvalue weighted by atomic mass is 10.1. The van der Waals surface area contributed by atoms with E-state index in [0.29, 0.717) is 0 Å². The highest BCUT2D eigenvalue weighted by Gasteiger charge is 2.23. The Balaban J connectivity index is 2.06. The fraction of sp³-hybridized carbons (Fsp3) is 0.312. The molecule has 4 nitrogen and oxygen atoms in total. The summed E-state index contributed by atoms with van der Waals surface area (Å²) in [6, 6.07) is 10.2. The maximum atomic E-state index is 6.04. The lowest BCUT2D eigenvalue weighted by Gasteiger charge is -2.17. The monoisotopic (exact) mass is 347 g/mol. The van der Waals surface area contributed by atoms with Crippen LogP contribution in [0.25, 0.3) is 11.0 Å². The number of para-hydroxylation sites is 1. The van der Waals surface area contributed by atoms with Gasteiger partial charge in [0.1, 0.15) is 17.4 Å². The Bertz CT molecular complexity index is 694. The van der Waals surface area contributed by atoms with Gasteiger partial charge in [0.15, 0.2) is 0 Å². The van der Waals surface area contributed by atoms with Gasteiger partial charge in [0.05, 0.1) is 16.4 Å². The fourth-order valence-electron chi connectivity index (χ4n) is 2.51. The number of furan rings is 1. The second-order valence-corrected chi connectivity index (χ2v) is 5.93. The maximum absolute atomic E-state index is 6.04. The van der Waals surface area contributed by atoms with Crippen molar-refractivity contribution < 1.29 is 4.42 Å². The zero-order valence-corrected chi connectivity index (χ0v) is 13.7. The van der Waals surface area contributed by atoms with Gasteiger partial charge in [-0.25, -0.2) is 0 Å². The molecule has 3 aromatic rings. The summed E-state index contributed by atoms with van der Waals surface area (Å²) in [6.07, 6.45) is 2.88. The second kappa shape index (κ2) is 6.03. The van der Waals surface area contributed by atoms with E-state index in [2.05, 4.69) is 45.4 Å². The predicted molar refractivity (Wildman–Crippen MR) is 87.3 cm³/mol. The minimum absolute atomic E-state index is 0.0146. The van der Waals surface area contributed by atoms with Gasteiger partial charge in [-0.3, -0.25) is 4.68 Å². The van der Waals surface area contributed by atoms with Crippen molar-refractivity contribution >= 4 is 26.9 Å². The molecule has 0 amide bonds. The molecule has 1 aromatic carbocycles. The molecule has 0 fully saturated rings. The van der Waals surface area contributed by atoms with Gasteiger partial charge in [0, 0.05) is 12.4 Å². The number of rotatable bonds is 5. The van der Waals surface area contributed by atoms with Gasteiger partial charge in [-0.1, -0.05) is 25.1 Å². The third kappa shape index (κ3) is 2.76. The van der Waals surface area contributed by atoms with Crippen molar-refractivity contribution in [1.82, 2.24) is 15.1 Å². The van der Waals surface area contributed by atoms with Gasteiger partial charge in [-0.15, -0.1) is 0 Å². The van der Waals surface area contributed by atoms with Gasteiger partial charge < -0.3 is 9.73 Å². The van der Waals surface area contributed by atoms with E-state index >= 15 is 0 Å². The van der Waals surface area contributed by atoms with E-state index < -0.39 is 0 Å². The maximum Gasteiger partial charge on any atom is 0.134 e. The van der Waals surface area contributed by atoms with E-state index in [0.717, 1.165) is 39.9 Å². The van der Waals surface area contributed by atoms with E-state index in [1.54, 1.807) is 0 Å². The molecule has 110 valence electrons. The molecule has 0 bridgehead atoms. The summed E-state index contributed by atoms with van der Waals surface area (Å²) in [6.45, 7) is 3.07. The standard InChI is InChI=1S/C16H18BrN3O/c1-3-8-18-15(16-12(17)10-19-20(16)2)14-9-11-6-4-5-7-13(11)21-14/h4-7,9-10,15,18H,3,8H2,1-2H3. The highest BCUT2D eigenvalue weighted by molar-refractivity contribution is 9.10. The number of nitrogens with one attached hydrogen (secondary N) is 1. The summed E-state index contributed by atoms with van der Waals surface area (Å²) in [4.78, 5) is 0. The molecule has 2 aromatic heterocycles. The molecule has 0 aliphatic carbocycles. The number of halogens is 1. The molecule has 5 heteroatoms. The molecule has 1 atom stereocenters. The molecule has 0 spiro atoms. The zero-order chi connectivity index (χ0) is 14.8. The van der Waals surface area contributed by atoms with Crippen LogP contribution in [0.4, 0.5) is 0 Å². The van der Waals surface area contributed by atoms with Gasteiger partial charge in [0.25, 0.3) is 0 Å². The Morgan fingerprint density at radius 3 is 2.86 bits per heavy atom. The normalized spacial score (nSPS) is 12.9. The Hall–Kier alpha value is -1.59. The average Bonchev–Trinajstić information content (AvgIpc) is 3.05. The minimum Gasteiger partial charge on any atom is -0.459 e. The van der Waals surface area contributed by atoms with Crippen LogP contribution >= 0.6 is 15.9 Å². The highest BCUT2D eigenvalue weighted by atomic mass is 79.9. The molecule has 0 saturated carbocycles. The fourth-order valence-corrected chi connectivity index (χ4v) is 3.09. The van der Waals surface area contributed by atoms with Crippen LogP contribution in [0.15, 0.2) is 45.4 Å². The first-order valence-corrected chi connectivity index (χ1v) is 7.89. The number of hydrogen-bond donors (Lipinski definition) is 1. The Kier molecular flexibility index (Phi) is 4.12. The lowest BCUT2D eigenvalue weighted by Crippen LogP contribution is -2.25. The third-order valence-electron chi connectivity index (χ3n) is 3.54. The smallest absolute Gasteiger partial charge is 0.134 e. The van der Waals surface area contributed by atoms with Crippen molar-refractivity contribution in [2.75, 3.05) is 6.54 Å². The van der Waals surface area contributed by atoms with Crippen molar-refractivity contribution in [2.24, 2.45) is 7.05 Å². The largest absolute Gasteiger partial charge is 0.459 e. The molecule has 3 rings (SSSR count). The van der Waals surface area contributed by atoms with Gasteiger partial charge in [-0.2, -0.15) is 5.10 Å². The number of benzene rings is 1. The number of aromatic nitrogens is 2. The van der Waals surface area contributed by atoms with Gasteiger partial charge in [0.2, 0.25) is 0 Å². The van der Waals surface area contributed by atoms with Gasteiger partial charge in [-0.05, 0) is 41.0 Å². The first kappa shape index (κ1) is 14.4. The van der Waals surface area contributed by atoms with E-state index in [-0.39, 0.29) is 6.04 Å². The lowest BCUT2D eigenvalue weighted by molar-refractivity contribution is 0.451. The van der Waals surface area contributed by atoms with E-state index in [4.69, 9.17) is 4.42 Å². The molecule has 1 unspecified atom stereocenters. The van der Waals surface area contributed by atoms with Crippen LogP contribution in [0.5, 0.6) is 0 Å². The predicted octanol–water partition coefficient (Wildman–Crippen LogP) is 4.02. The summed E-state index contributed by atoms with van der Waals surface area (Å²) in [5.41, 5.74) is 1.98. The number of nitrogens with zero attached hydrogens (tertiary/aromatic N) is 2. The molecule has 0 aliphatic rings. The van der Waals surface area contributed by atoms with Crippen molar-refractivity contribution in [1.29, 1.82) is 0 Å². The van der Waals surface area contributed by atoms with E-state index in [9.17, 15) is 0 Å². The first-order valence-electron chi connectivity index (χ1n) is 7.10. The van der Waals surface area contributed by atoms with Crippen molar-refractivity contribution in [3.8, 4) is 0 Å². The van der Waals surface area contributed by atoms with Crippen LogP contribution in [-0.4, -0.2) is 16.3 Å². The molecule has 0 radical (unpaired) electrons. The molecular formula is C16H18BrN3O. The second-order valence-electron chi connectivity index (χ2n) is 5.08. The molecule has 0 aliphatic heterocycles. The summed E-state index contributed by atoms with van der Waals surface area (Å²) in [5.74, 6) is 0.911. The summed E-state index contributed by atoms with van der Waals surface area (Å²) >= 11 is 3.59. The minimum atomic E-state index is -0.0146. The number of fused-ring (bicyclic) bond motifs is 1. The van der Waals surface area contributed by atoms with E-state index in [1.165, 1.54) is 0 Å². The van der Waals surface area contributed by atoms with Crippen molar-refractivity contribution in [3.05, 3.63) is 52.5 Å². The quantitative estimate of drug-likeness (QED) is 0.757. The zero-order valence-electron chi connectivity index (χ0n) is 12.1. The summed E-state index contributed by atoms with van der Waals surface area (Å²) in [7, 11) is 1.95. The SMILES string of the molecule is CCCNC(c1cc2ccccc2o1)c1c(Br)cnn1C. The molecule has 1 N–H and O–H groups in total. The van der Waals surface area contributed by atoms with E-state index in [1.807, 2.05) is 36.1 Å². The number of aryl methyl sites for hydroxylation is 1. The van der Waals surface area contributed by atoms with Crippen LogP contribution in [0.3, 0.4) is 0 Å². The average molecular weight is 348 g/mol. The van der Waals surface area contributed by atoms with Gasteiger partial charge >= 0.3 is 0 Å². The van der Waals surface area contributed by atoms with Crippen LogP contribution in [0.1, 0.15) is 30.8 Å². The van der Waals surface area contributed by atoms with Crippen molar-refractivity contribution in [3.63, 3.8) is 0 Å². The Morgan fingerprint density at radius 2 is 2.19 bits per heavy atom. The molecule has 2 heterocycles.